The monoisotopic (exact) mass is 571 g/mol. The summed E-state index contributed by atoms with van der Waals surface area (Å²) in [6.45, 7) is 1.99. The molecule has 2 N–H and O–H groups in total. The van der Waals surface area contributed by atoms with Gasteiger partial charge in [0.1, 0.15) is 10.8 Å². The van der Waals surface area contributed by atoms with Gasteiger partial charge in [0.2, 0.25) is 5.13 Å². The maximum Gasteiger partial charge on any atom is 0.256 e. The number of nitrogens with one attached hydrogen (secondary N) is 2. The van der Waals surface area contributed by atoms with Gasteiger partial charge in [0.15, 0.2) is 0 Å². The van der Waals surface area contributed by atoms with Crippen LogP contribution in [-0.4, -0.2) is 28.2 Å². The van der Waals surface area contributed by atoms with E-state index in [1.165, 1.54) is 11.3 Å². The number of carbonyl (C=O) groups is 1. The van der Waals surface area contributed by atoms with E-state index < -0.39 is 0 Å². The molecule has 3 aromatic carbocycles. The summed E-state index contributed by atoms with van der Waals surface area (Å²) in [7, 11) is 1.65. The second-order valence-electron chi connectivity index (χ2n) is 8.12. The fourth-order valence-electron chi connectivity index (χ4n) is 3.87. The zero-order chi connectivity index (χ0) is 25.8. The summed E-state index contributed by atoms with van der Waals surface area (Å²) in [5.74, 6) is 0.555. The van der Waals surface area contributed by atoms with Crippen molar-refractivity contribution in [3.8, 4) is 27.4 Å². The van der Waals surface area contributed by atoms with E-state index in [-0.39, 0.29) is 5.91 Å². The van der Waals surface area contributed by atoms with Crippen molar-refractivity contribution in [1.82, 2.24) is 15.2 Å². The predicted molar refractivity (Wildman–Crippen MR) is 152 cm³/mol. The van der Waals surface area contributed by atoms with Crippen LogP contribution in [0.25, 0.3) is 21.7 Å². The van der Waals surface area contributed by atoms with Crippen molar-refractivity contribution in [1.29, 1.82) is 0 Å². The summed E-state index contributed by atoms with van der Waals surface area (Å²) in [4.78, 5) is 16.9. The lowest BCUT2D eigenvalue weighted by Gasteiger charge is -2.12. The lowest BCUT2D eigenvalue weighted by Crippen LogP contribution is -2.12. The van der Waals surface area contributed by atoms with Gasteiger partial charge in [-0.15, -0.1) is 10.2 Å². The largest absolute Gasteiger partial charge is 0.496 e. The number of amides is 1. The molecular formula is C28H22BrN5O2S. The smallest absolute Gasteiger partial charge is 0.256 e. The first kappa shape index (κ1) is 24.6. The molecule has 0 aliphatic heterocycles. The van der Waals surface area contributed by atoms with Crippen molar-refractivity contribution in [3.63, 3.8) is 0 Å². The molecule has 0 aliphatic rings. The summed E-state index contributed by atoms with van der Waals surface area (Å²) in [6, 6.07) is 22.8. The van der Waals surface area contributed by atoms with Crippen LogP contribution in [0.15, 0.2) is 89.7 Å². The molecule has 9 heteroatoms. The maximum atomic E-state index is 12.8. The molecule has 0 unspecified atom stereocenters. The second kappa shape index (κ2) is 10.9. The van der Waals surface area contributed by atoms with Gasteiger partial charge in [0.05, 0.1) is 12.7 Å². The van der Waals surface area contributed by atoms with Gasteiger partial charge in [-0.1, -0.05) is 41.7 Å². The lowest BCUT2D eigenvalue weighted by atomic mass is 10.00. The standard InChI is InChI=1S/C28H22BrN5O2S/c1-17-10-11-19(31-26(35)20-6-3-4-8-22(20)29)16-23(17)32-28-34-33-27(37-28)21-7-5-9-24(36-2)25(21)18-12-14-30-15-13-18/h3-16H,1-2H3,(H,31,35)(H,32,34). The zero-order valence-electron chi connectivity index (χ0n) is 20.0. The molecule has 2 heterocycles. The Morgan fingerprint density at radius 2 is 1.78 bits per heavy atom. The number of aromatic nitrogens is 3. The van der Waals surface area contributed by atoms with Gasteiger partial charge >= 0.3 is 0 Å². The molecule has 2 aromatic heterocycles. The molecule has 0 bridgehead atoms. The van der Waals surface area contributed by atoms with Crippen molar-refractivity contribution in [2.24, 2.45) is 0 Å². The predicted octanol–water partition coefficient (Wildman–Crippen LogP) is 7.34. The fraction of sp³-hybridized carbons (Fsp3) is 0.0714. The number of hydrogen-bond acceptors (Lipinski definition) is 7. The van der Waals surface area contributed by atoms with Crippen LogP contribution < -0.4 is 15.4 Å². The number of hydrogen-bond donors (Lipinski definition) is 2. The third kappa shape index (κ3) is 5.37. The first-order valence-electron chi connectivity index (χ1n) is 11.4. The van der Waals surface area contributed by atoms with Gasteiger partial charge < -0.3 is 15.4 Å². The Bertz CT molecular complexity index is 1570. The molecule has 37 heavy (non-hydrogen) atoms. The van der Waals surface area contributed by atoms with Crippen molar-refractivity contribution in [3.05, 3.63) is 101 Å². The molecular weight excluding hydrogens is 550 g/mol. The van der Waals surface area contributed by atoms with E-state index in [4.69, 9.17) is 4.74 Å². The topological polar surface area (TPSA) is 89.0 Å². The molecule has 184 valence electrons. The molecule has 5 aromatic rings. The van der Waals surface area contributed by atoms with Crippen molar-refractivity contribution >= 4 is 49.7 Å². The number of pyridine rings is 1. The van der Waals surface area contributed by atoms with E-state index in [9.17, 15) is 4.79 Å². The summed E-state index contributed by atoms with van der Waals surface area (Å²) in [5, 5.41) is 16.5. The van der Waals surface area contributed by atoms with E-state index in [1.807, 2.05) is 73.7 Å². The van der Waals surface area contributed by atoms with Gasteiger partial charge in [-0.05, 0) is 76.4 Å². The zero-order valence-corrected chi connectivity index (χ0v) is 22.4. The summed E-state index contributed by atoms with van der Waals surface area (Å²) in [6.07, 6.45) is 3.51. The Labute approximate surface area is 226 Å². The third-order valence-corrected chi connectivity index (χ3v) is 7.29. The molecule has 0 saturated heterocycles. The molecule has 0 saturated carbocycles. The van der Waals surface area contributed by atoms with Crippen LogP contribution >= 0.6 is 27.3 Å². The second-order valence-corrected chi connectivity index (χ2v) is 9.95. The molecule has 7 nitrogen and oxygen atoms in total. The van der Waals surface area contributed by atoms with Gasteiger partial charge in [-0.3, -0.25) is 9.78 Å². The highest BCUT2D eigenvalue weighted by molar-refractivity contribution is 9.10. The minimum Gasteiger partial charge on any atom is -0.496 e. The number of rotatable bonds is 7. The molecule has 1 amide bonds. The van der Waals surface area contributed by atoms with Crippen LogP contribution in [0.3, 0.4) is 0 Å². The van der Waals surface area contributed by atoms with E-state index >= 15 is 0 Å². The number of anilines is 3. The van der Waals surface area contributed by atoms with Crippen molar-refractivity contribution in [2.45, 2.75) is 6.92 Å². The Kier molecular flexibility index (Phi) is 7.25. The molecule has 0 fully saturated rings. The summed E-state index contributed by atoms with van der Waals surface area (Å²) < 4.78 is 6.39. The number of methoxy groups -OCH3 is 1. The normalized spacial score (nSPS) is 10.7. The average molecular weight is 572 g/mol. The summed E-state index contributed by atoms with van der Waals surface area (Å²) >= 11 is 4.87. The Morgan fingerprint density at radius 3 is 2.57 bits per heavy atom. The van der Waals surface area contributed by atoms with Crippen LogP contribution in [0.5, 0.6) is 5.75 Å². The minimum atomic E-state index is -0.192. The van der Waals surface area contributed by atoms with E-state index in [1.54, 1.807) is 25.6 Å². The Morgan fingerprint density at radius 1 is 0.973 bits per heavy atom. The molecule has 0 spiro atoms. The highest BCUT2D eigenvalue weighted by atomic mass is 79.9. The van der Waals surface area contributed by atoms with Gasteiger partial charge in [-0.25, -0.2) is 0 Å². The maximum absolute atomic E-state index is 12.8. The molecule has 0 atom stereocenters. The number of nitrogens with zero attached hydrogens (tertiary/aromatic N) is 3. The number of ether oxygens (including phenoxy) is 1. The highest BCUT2D eigenvalue weighted by Crippen LogP contribution is 2.41. The first-order valence-corrected chi connectivity index (χ1v) is 13.0. The molecule has 5 rings (SSSR count). The van der Waals surface area contributed by atoms with Crippen LogP contribution in [-0.2, 0) is 0 Å². The summed E-state index contributed by atoms with van der Waals surface area (Å²) in [5.41, 5.74) is 5.91. The number of halogens is 1. The fourth-order valence-corrected chi connectivity index (χ4v) is 5.12. The Balaban J connectivity index is 1.41. The van der Waals surface area contributed by atoms with Crippen LogP contribution in [0.1, 0.15) is 15.9 Å². The Hall–Kier alpha value is -4.08. The van der Waals surface area contributed by atoms with E-state index in [2.05, 4.69) is 41.7 Å². The average Bonchev–Trinajstić information content (AvgIpc) is 3.39. The highest BCUT2D eigenvalue weighted by Gasteiger charge is 2.17. The quantitative estimate of drug-likeness (QED) is 0.212. The molecule has 0 aliphatic carbocycles. The van der Waals surface area contributed by atoms with Crippen molar-refractivity contribution < 1.29 is 9.53 Å². The van der Waals surface area contributed by atoms with E-state index in [0.717, 1.165) is 43.2 Å². The third-order valence-electron chi connectivity index (χ3n) is 5.73. The number of carbonyl (C=O) groups excluding carboxylic acids is 1. The SMILES string of the molecule is COc1cccc(-c2nnc(Nc3cc(NC(=O)c4ccccc4Br)ccc3C)s2)c1-c1ccncc1. The van der Waals surface area contributed by atoms with E-state index in [0.29, 0.717) is 16.4 Å². The lowest BCUT2D eigenvalue weighted by molar-refractivity contribution is 0.102. The van der Waals surface area contributed by atoms with Crippen LogP contribution in [0.4, 0.5) is 16.5 Å². The number of benzene rings is 3. The minimum absolute atomic E-state index is 0.192. The first-order chi connectivity index (χ1) is 18.0. The van der Waals surface area contributed by atoms with Crippen LogP contribution in [0.2, 0.25) is 0 Å². The number of aryl methyl sites for hydroxylation is 1. The van der Waals surface area contributed by atoms with Crippen LogP contribution in [0, 0.1) is 6.92 Å². The van der Waals surface area contributed by atoms with Crippen molar-refractivity contribution in [2.75, 3.05) is 17.7 Å². The van der Waals surface area contributed by atoms with Gasteiger partial charge in [0.25, 0.3) is 5.91 Å². The van der Waals surface area contributed by atoms with Gasteiger partial charge in [-0.2, -0.15) is 0 Å². The van der Waals surface area contributed by atoms with Gasteiger partial charge in [0, 0.05) is 39.4 Å². The molecule has 0 radical (unpaired) electrons.